The van der Waals surface area contributed by atoms with Crippen LogP contribution in [-0.2, 0) is 34.8 Å². The smallest absolute Gasteiger partial charge is 0.416 e. The molecule has 10 heteroatoms. The molecular formula is C25H27F6NO3. The van der Waals surface area contributed by atoms with E-state index in [2.05, 4.69) is 4.74 Å². The van der Waals surface area contributed by atoms with E-state index in [-0.39, 0.29) is 31.6 Å². The van der Waals surface area contributed by atoms with Crippen molar-refractivity contribution in [1.29, 1.82) is 0 Å². The number of hydrogen-bond acceptors (Lipinski definition) is 4. The average Bonchev–Trinajstić information content (AvgIpc) is 2.81. The Bertz CT molecular complexity index is 1010. The number of benzene rings is 2. The van der Waals surface area contributed by atoms with Gasteiger partial charge in [0.15, 0.2) is 0 Å². The van der Waals surface area contributed by atoms with Crippen molar-refractivity contribution in [1.82, 2.24) is 4.90 Å². The fourth-order valence-corrected chi connectivity index (χ4v) is 4.18. The Morgan fingerprint density at radius 3 is 2.49 bits per heavy atom. The van der Waals surface area contributed by atoms with Gasteiger partial charge in [-0.15, -0.1) is 0 Å². The van der Waals surface area contributed by atoms with Gasteiger partial charge in [0.05, 0.1) is 18.2 Å². The summed E-state index contributed by atoms with van der Waals surface area (Å²) in [6.07, 6.45) is -6.57. The van der Waals surface area contributed by atoms with Crippen LogP contribution in [0.1, 0.15) is 47.9 Å². The molecule has 2 aromatic carbocycles. The molecule has 0 spiro atoms. The second-order valence-electron chi connectivity index (χ2n) is 8.52. The lowest BCUT2D eigenvalue weighted by molar-refractivity contribution is -0.142. The molecule has 0 amide bonds. The summed E-state index contributed by atoms with van der Waals surface area (Å²) in [6, 6.07) is 8.46. The largest absolute Gasteiger partial charge is 0.492 e. The van der Waals surface area contributed by atoms with Crippen LogP contribution in [0.2, 0.25) is 0 Å². The van der Waals surface area contributed by atoms with Gasteiger partial charge in [-0.05, 0) is 67.3 Å². The third-order valence-electron chi connectivity index (χ3n) is 6.05. The van der Waals surface area contributed by atoms with Crippen LogP contribution in [0.4, 0.5) is 26.3 Å². The second kappa shape index (κ2) is 11.3. The molecule has 1 unspecified atom stereocenters. The molecule has 35 heavy (non-hydrogen) atoms. The Morgan fingerprint density at radius 2 is 1.80 bits per heavy atom. The van der Waals surface area contributed by atoms with Crippen LogP contribution in [0.3, 0.4) is 0 Å². The molecule has 1 atom stereocenters. The fraction of sp³-hybridized carbons (Fsp3) is 0.480. The molecular weight excluding hydrogens is 476 g/mol. The number of aryl methyl sites for hydroxylation is 1. The molecule has 1 aliphatic heterocycles. The maximum atomic E-state index is 13.5. The van der Waals surface area contributed by atoms with Crippen LogP contribution in [0.5, 0.6) is 5.75 Å². The Hall–Kier alpha value is -2.75. The van der Waals surface area contributed by atoms with Gasteiger partial charge in [-0.2, -0.15) is 26.3 Å². The first-order valence-corrected chi connectivity index (χ1v) is 11.3. The minimum atomic E-state index is -4.76. The summed E-state index contributed by atoms with van der Waals surface area (Å²) in [5.41, 5.74) is -1.70. The fourth-order valence-electron chi connectivity index (χ4n) is 4.18. The zero-order valence-corrected chi connectivity index (χ0v) is 19.2. The van der Waals surface area contributed by atoms with E-state index in [1.807, 2.05) is 6.07 Å². The van der Waals surface area contributed by atoms with E-state index in [1.165, 1.54) is 7.11 Å². The maximum Gasteiger partial charge on any atom is 0.416 e. The third-order valence-corrected chi connectivity index (χ3v) is 6.05. The topological polar surface area (TPSA) is 38.8 Å². The highest BCUT2D eigenvalue weighted by Crippen LogP contribution is 2.37. The van der Waals surface area contributed by atoms with Gasteiger partial charge in [0.2, 0.25) is 0 Å². The number of nitrogens with zero attached hydrogens (tertiary/aromatic N) is 1. The SMILES string of the molecule is COC(=O)CCc1cccc(OCC2CCCCN2Cc2cc(C(F)(F)F)ccc2C(F)(F)F)c1. The van der Waals surface area contributed by atoms with Gasteiger partial charge in [-0.1, -0.05) is 18.6 Å². The summed E-state index contributed by atoms with van der Waals surface area (Å²) in [5.74, 6) is 0.218. The van der Waals surface area contributed by atoms with Crippen molar-refractivity contribution in [3.8, 4) is 5.75 Å². The highest BCUT2D eigenvalue weighted by atomic mass is 19.4. The summed E-state index contributed by atoms with van der Waals surface area (Å²) >= 11 is 0. The van der Waals surface area contributed by atoms with Crippen LogP contribution in [0.15, 0.2) is 42.5 Å². The van der Waals surface area contributed by atoms with E-state index in [9.17, 15) is 31.1 Å². The minimum absolute atomic E-state index is 0.181. The summed E-state index contributed by atoms with van der Waals surface area (Å²) < 4.78 is 90.6. The zero-order valence-electron chi connectivity index (χ0n) is 19.2. The van der Waals surface area contributed by atoms with Crippen LogP contribution < -0.4 is 4.74 Å². The van der Waals surface area contributed by atoms with Gasteiger partial charge < -0.3 is 9.47 Å². The van der Waals surface area contributed by atoms with Crippen molar-refractivity contribution in [3.63, 3.8) is 0 Å². The maximum absolute atomic E-state index is 13.5. The average molecular weight is 503 g/mol. The van der Waals surface area contributed by atoms with E-state index in [4.69, 9.17) is 4.74 Å². The number of hydrogen-bond donors (Lipinski definition) is 0. The van der Waals surface area contributed by atoms with E-state index in [0.717, 1.165) is 18.4 Å². The Kier molecular flexibility index (Phi) is 8.69. The van der Waals surface area contributed by atoms with E-state index in [0.29, 0.717) is 43.3 Å². The third kappa shape index (κ3) is 7.62. The molecule has 3 rings (SSSR count). The summed E-state index contributed by atoms with van der Waals surface area (Å²) in [6.45, 7) is 0.382. The minimum Gasteiger partial charge on any atom is -0.492 e. The van der Waals surface area contributed by atoms with Crippen molar-refractivity contribution < 1.29 is 40.6 Å². The Balaban J connectivity index is 1.73. The van der Waals surface area contributed by atoms with Crippen molar-refractivity contribution >= 4 is 5.97 Å². The molecule has 0 aliphatic carbocycles. The van der Waals surface area contributed by atoms with E-state index < -0.39 is 29.0 Å². The van der Waals surface area contributed by atoms with Crippen molar-refractivity contribution in [2.75, 3.05) is 20.3 Å². The molecule has 1 aliphatic rings. The molecule has 0 bridgehead atoms. The van der Waals surface area contributed by atoms with E-state index >= 15 is 0 Å². The standard InChI is InChI=1S/C25H27F6NO3/c1-34-23(33)11-8-17-5-4-7-21(13-17)35-16-20-6-2-3-12-32(20)15-18-14-19(24(26,27)28)9-10-22(18)25(29,30)31/h4-5,7,9-10,13-14,20H,2-3,6,8,11-12,15-16H2,1H3. The van der Waals surface area contributed by atoms with Gasteiger partial charge in [0, 0.05) is 19.0 Å². The molecule has 0 saturated carbocycles. The van der Waals surface area contributed by atoms with E-state index in [1.54, 1.807) is 23.1 Å². The first-order valence-electron chi connectivity index (χ1n) is 11.3. The quantitative estimate of drug-likeness (QED) is 0.315. The lowest BCUT2D eigenvalue weighted by atomic mass is 9.98. The number of piperidine rings is 1. The van der Waals surface area contributed by atoms with Crippen LogP contribution >= 0.6 is 0 Å². The molecule has 2 aromatic rings. The number of rotatable bonds is 8. The second-order valence-corrected chi connectivity index (χ2v) is 8.52. The molecule has 4 nitrogen and oxygen atoms in total. The van der Waals surface area contributed by atoms with Gasteiger partial charge >= 0.3 is 18.3 Å². The molecule has 0 radical (unpaired) electrons. The summed E-state index contributed by atoms with van der Waals surface area (Å²) in [7, 11) is 1.31. The number of alkyl halides is 6. The first-order chi connectivity index (χ1) is 16.5. The molecule has 0 N–H and O–H groups in total. The van der Waals surface area contributed by atoms with Gasteiger partial charge in [0.25, 0.3) is 0 Å². The number of methoxy groups -OCH3 is 1. The highest BCUT2D eigenvalue weighted by Gasteiger charge is 2.38. The zero-order chi connectivity index (χ0) is 25.6. The number of esters is 1. The Labute approximate surface area is 199 Å². The van der Waals surface area contributed by atoms with Gasteiger partial charge in [-0.3, -0.25) is 9.69 Å². The van der Waals surface area contributed by atoms with Gasteiger partial charge in [0.1, 0.15) is 12.4 Å². The van der Waals surface area contributed by atoms with Crippen molar-refractivity contribution in [2.24, 2.45) is 0 Å². The highest BCUT2D eigenvalue weighted by molar-refractivity contribution is 5.69. The lowest BCUT2D eigenvalue weighted by Gasteiger charge is -2.36. The first kappa shape index (κ1) is 26.8. The molecule has 192 valence electrons. The number of ether oxygens (including phenoxy) is 2. The van der Waals surface area contributed by atoms with Crippen molar-refractivity contribution in [2.45, 2.75) is 57.0 Å². The number of carbonyl (C=O) groups is 1. The van der Waals surface area contributed by atoms with Gasteiger partial charge in [-0.25, -0.2) is 0 Å². The number of likely N-dealkylation sites (tertiary alicyclic amines) is 1. The normalized spacial score (nSPS) is 17.3. The van der Waals surface area contributed by atoms with Crippen LogP contribution in [-0.4, -0.2) is 37.2 Å². The molecule has 1 saturated heterocycles. The predicted octanol–water partition coefficient (Wildman–Crippen LogP) is 6.26. The lowest BCUT2D eigenvalue weighted by Crippen LogP contribution is -2.43. The van der Waals surface area contributed by atoms with Crippen LogP contribution in [0.25, 0.3) is 0 Å². The molecule has 1 fully saturated rings. The summed E-state index contributed by atoms with van der Waals surface area (Å²) in [4.78, 5) is 13.1. The number of carbonyl (C=O) groups excluding carboxylic acids is 1. The predicted molar refractivity (Wildman–Crippen MR) is 117 cm³/mol. The molecule has 1 heterocycles. The Morgan fingerprint density at radius 1 is 1.03 bits per heavy atom. The number of halogens is 6. The summed E-state index contributed by atoms with van der Waals surface area (Å²) in [5, 5.41) is 0. The van der Waals surface area contributed by atoms with Crippen molar-refractivity contribution in [3.05, 3.63) is 64.7 Å². The van der Waals surface area contributed by atoms with Crippen LogP contribution in [0, 0.1) is 0 Å². The monoisotopic (exact) mass is 503 g/mol. The molecule has 0 aromatic heterocycles.